The van der Waals surface area contributed by atoms with E-state index >= 15 is 0 Å². The van der Waals surface area contributed by atoms with E-state index in [1.165, 1.54) is 6.07 Å². The van der Waals surface area contributed by atoms with E-state index in [-0.39, 0.29) is 18.4 Å². The molecule has 26 heavy (non-hydrogen) atoms. The van der Waals surface area contributed by atoms with Crippen LogP contribution in [0.5, 0.6) is 0 Å². The lowest BCUT2D eigenvalue weighted by atomic mass is 10.1. The third-order valence-corrected chi connectivity index (χ3v) is 5.36. The van der Waals surface area contributed by atoms with Gasteiger partial charge in [0.15, 0.2) is 6.61 Å². The summed E-state index contributed by atoms with van der Waals surface area (Å²) >= 11 is 11.8. The van der Waals surface area contributed by atoms with Crippen LogP contribution in [-0.2, 0) is 19.1 Å². The number of ether oxygens (including phenoxy) is 1. The average Bonchev–Trinajstić information content (AvgIpc) is 3.24. The fraction of sp³-hybridized carbons (Fsp3) is 0.500. The molecule has 0 unspecified atom stereocenters. The van der Waals surface area contributed by atoms with Crippen LogP contribution in [0.1, 0.15) is 32.1 Å². The summed E-state index contributed by atoms with van der Waals surface area (Å²) in [5.74, 6) is -1.53. The Hall–Kier alpha value is -1.79. The molecule has 1 aliphatic carbocycles. The lowest BCUT2D eigenvalue weighted by molar-refractivity contribution is -0.151. The topological polar surface area (TPSA) is 75.7 Å². The highest BCUT2D eigenvalue weighted by Gasteiger charge is 2.39. The van der Waals surface area contributed by atoms with E-state index in [9.17, 15) is 14.4 Å². The highest BCUT2D eigenvalue weighted by Crippen LogP contribution is 2.30. The molecule has 0 bridgehead atoms. The second kappa shape index (κ2) is 8.27. The fourth-order valence-corrected chi connectivity index (χ4v) is 3.95. The van der Waals surface area contributed by atoms with Gasteiger partial charge in [-0.3, -0.25) is 14.4 Å². The minimum absolute atomic E-state index is 0.00347. The van der Waals surface area contributed by atoms with Crippen molar-refractivity contribution in [1.29, 1.82) is 0 Å². The predicted molar refractivity (Wildman–Crippen MR) is 98.1 cm³/mol. The normalized spacial score (nSPS) is 20.5. The van der Waals surface area contributed by atoms with Gasteiger partial charge in [-0.25, -0.2) is 0 Å². The molecule has 1 atom stereocenters. The summed E-state index contributed by atoms with van der Waals surface area (Å²) in [4.78, 5) is 38.1. The van der Waals surface area contributed by atoms with Crippen LogP contribution in [0.3, 0.4) is 0 Å². The minimum atomic E-state index is -0.517. The zero-order valence-corrected chi connectivity index (χ0v) is 15.7. The van der Waals surface area contributed by atoms with Gasteiger partial charge >= 0.3 is 5.97 Å². The summed E-state index contributed by atoms with van der Waals surface area (Å²) in [6.45, 7) is -0.0428. The first-order chi connectivity index (χ1) is 12.4. The quantitative estimate of drug-likeness (QED) is 0.772. The standard InChI is InChI=1S/C18H20Cl2N2O4/c19-12-5-6-15(14(20)8-12)21-16(23)10-26-18(25)11-7-17(24)22(9-11)13-3-1-2-4-13/h5-6,8,11,13H,1-4,7,9-10H2,(H,21,23)/t11-/m1/s1. The van der Waals surface area contributed by atoms with Crippen molar-refractivity contribution in [3.63, 3.8) is 0 Å². The van der Waals surface area contributed by atoms with Gasteiger partial charge in [-0.05, 0) is 31.0 Å². The predicted octanol–water partition coefficient (Wildman–Crippen LogP) is 3.27. The summed E-state index contributed by atoms with van der Waals surface area (Å²) in [6.07, 6.45) is 4.39. The van der Waals surface area contributed by atoms with Crippen LogP contribution in [0.15, 0.2) is 18.2 Å². The monoisotopic (exact) mass is 398 g/mol. The number of carbonyl (C=O) groups excluding carboxylic acids is 3. The van der Waals surface area contributed by atoms with E-state index in [0.717, 1.165) is 25.7 Å². The molecule has 2 aliphatic rings. The lowest BCUT2D eigenvalue weighted by Gasteiger charge is -2.23. The van der Waals surface area contributed by atoms with Crippen molar-refractivity contribution in [2.24, 2.45) is 5.92 Å². The van der Waals surface area contributed by atoms with Crippen LogP contribution in [0.25, 0.3) is 0 Å². The SMILES string of the molecule is O=C(COC(=O)[C@@H]1CC(=O)N(C2CCCC2)C1)Nc1ccc(Cl)cc1Cl. The van der Waals surface area contributed by atoms with Crippen LogP contribution in [-0.4, -0.2) is 41.9 Å². The van der Waals surface area contributed by atoms with Gasteiger partial charge < -0.3 is 15.0 Å². The number of anilines is 1. The van der Waals surface area contributed by atoms with Crippen LogP contribution in [0.2, 0.25) is 10.0 Å². The Labute approximate surface area is 161 Å². The molecular formula is C18H20Cl2N2O4. The number of benzene rings is 1. The van der Waals surface area contributed by atoms with E-state index < -0.39 is 24.4 Å². The van der Waals surface area contributed by atoms with Crippen LogP contribution in [0, 0.1) is 5.92 Å². The molecule has 0 aromatic heterocycles. The smallest absolute Gasteiger partial charge is 0.311 e. The molecule has 1 saturated heterocycles. The molecule has 3 rings (SSSR count). The van der Waals surface area contributed by atoms with Gasteiger partial charge in [0, 0.05) is 24.0 Å². The van der Waals surface area contributed by atoms with Crippen LogP contribution < -0.4 is 5.32 Å². The van der Waals surface area contributed by atoms with Gasteiger partial charge in [0.1, 0.15) is 0 Å². The summed E-state index contributed by atoms with van der Waals surface area (Å²) in [7, 11) is 0. The van der Waals surface area contributed by atoms with Crippen molar-refractivity contribution in [2.75, 3.05) is 18.5 Å². The lowest BCUT2D eigenvalue weighted by Crippen LogP contribution is -2.35. The molecule has 1 aliphatic heterocycles. The van der Waals surface area contributed by atoms with Crippen molar-refractivity contribution >= 4 is 46.7 Å². The molecule has 1 N–H and O–H groups in total. The third kappa shape index (κ3) is 4.48. The average molecular weight is 399 g/mol. The largest absolute Gasteiger partial charge is 0.455 e. The summed E-state index contributed by atoms with van der Waals surface area (Å²) in [6, 6.07) is 4.92. The number of likely N-dealkylation sites (tertiary alicyclic amines) is 1. The van der Waals surface area contributed by atoms with Crippen molar-refractivity contribution in [1.82, 2.24) is 4.90 Å². The Kier molecular flexibility index (Phi) is 6.04. The van der Waals surface area contributed by atoms with Gasteiger partial charge in [-0.1, -0.05) is 36.0 Å². The Balaban J connectivity index is 1.47. The minimum Gasteiger partial charge on any atom is -0.455 e. The van der Waals surface area contributed by atoms with Gasteiger partial charge in [0.05, 0.1) is 16.6 Å². The Morgan fingerprint density at radius 3 is 2.65 bits per heavy atom. The van der Waals surface area contributed by atoms with E-state index in [4.69, 9.17) is 27.9 Å². The zero-order chi connectivity index (χ0) is 18.7. The maximum atomic E-state index is 12.2. The van der Waals surface area contributed by atoms with E-state index in [1.807, 2.05) is 0 Å². The molecule has 2 fully saturated rings. The molecule has 1 aromatic rings. The molecule has 1 aromatic carbocycles. The Morgan fingerprint density at radius 2 is 1.96 bits per heavy atom. The van der Waals surface area contributed by atoms with Gasteiger partial charge in [-0.15, -0.1) is 0 Å². The fourth-order valence-electron chi connectivity index (χ4n) is 3.49. The van der Waals surface area contributed by atoms with Crippen molar-refractivity contribution in [2.45, 2.75) is 38.1 Å². The number of carbonyl (C=O) groups is 3. The van der Waals surface area contributed by atoms with E-state index in [2.05, 4.69) is 5.32 Å². The molecule has 1 saturated carbocycles. The molecule has 2 amide bonds. The van der Waals surface area contributed by atoms with Crippen molar-refractivity contribution in [3.05, 3.63) is 28.2 Å². The highest BCUT2D eigenvalue weighted by molar-refractivity contribution is 6.36. The van der Waals surface area contributed by atoms with Gasteiger partial charge in [0.2, 0.25) is 5.91 Å². The van der Waals surface area contributed by atoms with Crippen LogP contribution in [0.4, 0.5) is 5.69 Å². The first-order valence-electron chi connectivity index (χ1n) is 8.65. The van der Waals surface area contributed by atoms with Gasteiger partial charge in [-0.2, -0.15) is 0 Å². The number of rotatable bonds is 5. The molecule has 8 heteroatoms. The van der Waals surface area contributed by atoms with Gasteiger partial charge in [0.25, 0.3) is 5.91 Å². The van der Waals surface area contributed by atoms with E-state index in [0.29, 0.717) is 22.3 Å². The first kappa shape index (κ1) is 19.0. The molecular weight excluding hydrogens is 379 g/mol. The number of hydrogen-bond acceptors (Lipinski definition) is 4. The maximum Gasteiger partial charge on any atom is 0.311 e. The number of amides is 2. The molecule has 1 heterocycles. The number of nitrogens with zero attached hydrogens (tertiary/aromatic N) is 1. The number of hydrogen-bond donors (Lipinski definition) is 1. The second-order valence-corrected chi connectivity index (χ2v) is 7.51. The van der Waals surface area contributed by atoms with Crippen LogP contribution >= 0.6 is 23.2 Å². The highest BCUT2D eigenvalue weighted by atomic mass is 35.5. The number of nitrogens with one attached hydrogen (secondary N) is 1. The molecule has 140 valence electrons. The van der Waals surface area contributed by atoms with Crippen molar-refractivity contribution < 1.29 is 19.1 Å². The third-order valence-electron chi connectivity index (χ3n) is 4.81. The number of esters is 1. The molecule has 0 radical (unpaired) electrons. The second-order valence-electron chi connectivity index (χ2n) is 6.67. The zero-order valence-electron chi connectivity index (χ0n) is 14.2. The Morgan fingerprint density at radius 1 is 1.23 bits per heavy atom. The summed E-state index contributed by atoms with van der Waals surface area (Å²) in [5.41, 5.74) is 0.389. The summed E-state index contributed by atoms with van der Waals surface area (Å²) < 4.78 is 5.08. The number of halogens is 2. The Bertz CT molecular complexity index is 719. The maximum absolute atomic E-state index is 12.2. The molecule has 6 nitrogen and oxygen atoms in total. The summed E-state index contributed by atoms with van der Waals surface area (Å²) in [5, 5.41) is 3.31. The van der Waals surface area contributed by atoms with E-state index in [1.54, 1.807) is 17.0 Å². The van der Waals surface area contributed by atoms with Crippen molar-refractivity contribution in [3.8, 4) is 0 Å². The first-order valence-corrected chi connectivity index (χ1v) is 9.40. The molecule has 0 spiro atoms.